The second kappa shape index (κ2) is 5.66. The van der Waals surface area contributed by atoms with Crippen molar-refractivity contribution in [3.63, 3.8) is 0 Å². The van der Waals surface area contributed by atoms with Gasteiger partial charge in [-0.25, -0.2) is 0 Å². The van der Waals surface area contributed by atoms with Gasteiger partial charge in [-0.3, -0.25) is 0 Å². The quantitative estimate of drug-likeness (QED) is 0.680. The molecule has 0 aromatic rings. The van der Waals surface area contributed by atoms with Gasteiger partial charge < -0.3 is 10.6 Å². The van der Waals surface area contributed by atoms with Crippen LogP contribution in [0.1, 0.15) is 13.3 Å². The highest BCUT2D eigenvalue weighted by atomic mass is 32.2. The summed E-state index contributed by atoms with van der Waals surface area (Å²) in [6.07, 6.45) is 3.24. The van der Waals surface area contributed by atoms with Gasteiger partial charge in [-0.15, -0.1) is 0 Å². The number of nitrogens with two attached hydrogens (primary N) is 1. The molecule has 0 aliphatic heterocycles. The van der Waals surface area contributed by atoms with Crippen LogP contribution in [0.25, 0.3) is 0 Å². The van der Waals surface area contributed by atoms with Crippen molar-refractivity contribution in [2.24, 2.45) is 5.73 Å². The molecule has 1 unspecified atom stereocenters. The molecule has 2 nitrogen and oxygen atoms in total. The zero-order valence-corrected chi connectivity index (χ0v) is 8.97. The van der Waals surface area contributed by atoms with Crippen LogP contribution < -0.4 is 5.73 Å². The fraction of sp³-hybridized carbons (Fsp3) is 0.857. The third-order valence-electron chi connectivity index (χ3n) is 1.75. The maximum atomic E-state index is 5.46. The van der Waals surface area contributed by atoms with Gasteiger partial charge in [-0.1, -0.05) is 0 Å². The van der Waals surface area contributed by atoms with Crippen molar-refractivity contribution in [2.75, 3.05) is 19.1 Å². The molecule has 0 saturated carbocycles. The van der Waals surface area contributed by atoms with Crippen LogP contribution in [0.4, 0.5) is 0 Å². The minimum Gasteiger partial charge on any atom is -0.376 e. The SMILES string of the molecule is CSCCC(C)N(C)C(N)=S. The summed E-state index contributed by atoms with van der Waals surface area (Å²) in [5.41, 5.74) is 5.46. The highest BCUT2D eigenvalue weighted by Gasteiger charge is 2.08. The summed E-state index contributed by atoms with van der Waals surface area (Å²) in [6.45, 7) is 2.13. The number of rotatable bonds is 4. The molecule has 1 atom stereocenters. The first-order valence-electron chi connectivity index (χ1n) is 3.60. The summed E-state index contributed by atoms with van der Waals surface area (Å²) in [5, 5.41) is 0.485. The molecule has 0 radical (unpaired) electrons. The minimum absolute atomic E-state index is 0.458. The molecular weight excluding hydrogens is 176 g/mol. The number of thiocarbonyl (C=S) groups is 1. The number of hydrogen-bond donors (Lipinski definition) is 1. The van der Waals surface area contributed by atoms with Crippen molar-refractivity contribution < 1.29 is 0 Å². The zero-order chi connectivity index (χ0) is 8.85. The van der Waals surface area contributed by atoms with E-state index in [1.54, 1.807) is 0 Å². The molecule has 4 heteroatoms. The second-order valence-corrected chi connectivity index (χ2v) is 3.98. The molecule has 0 amide bonds. The highest BCUT2D eigenvalue weighted by Crippen LogP contribution is 2.05. The van der Waals surface area contributed by atoms with Crippen LogP contribution in [0, 0.1) is 0 Å². The van der Waals surface area contributed by atoms with Crippen LogP contribution in [-0.2, 0) is 0 Å². The van der Waals surface area contributed by atoms with Gasteiger partial charge in [0, 0.05) is 13.1 Å². The van der Waals surface area contributed by atoms with E-state index in [-0.39, 0.29) is 0 Å². The third kappa shape index (κ3) is 4.48. The molecule has 0 aromatic heterocycles. The Morgan fingerprint density at radius 1 is 1.73 bits per heavy atom. The van der Waals surface area contributed by atoms with E-state index in [4.69, 9.17) is 18.0 Å². The summed E-state index contributed by atoms with van der Waals surface area (Å²) >= 11 is 6.69. The summed E-state index contributed by atoms with van der Waals surface area (Å²) in [6, 6.07) is 0.458. The number of thioether (sulfide) groups is 1. The van der Waals surface area contributed by atoms with E-state index in [9.17, 15) is 0 Å². The van der Waals surface area contributed by atoms with Crippen LogP contribution in [0.2, 0.25) is 0 Å². The smallest absolute Gasteiger partial charge is 0.166 e. The van der Waals surface area contributed by atoms with E-state index in [0.717, 1.165) is 12.2 Å². The molecule has 0 spiro atoms. The molecule has 66 valence electrons. The number of hydrogen-bond acceptors (Lipinski definition) is 2. The molecule has 0 rings (SSSR count). The average Bonchev–Trinajstić information content (AvgIpc) is 1.98. The Morgan fingerprint density at radius 3 is 2.64 bits per heavy atom. The lowest BCUT2D eigenvalue weighted by Gasteiger charge is -2.24. The fourth-order valence-corrected chi connectivity index (χ4v) is 1.46. The van der Waals surface area contributed by atoms with Gasteiger partial charge in [0.25, 0.3) is 0 Å². The Balaban J connectivity index is 3.63. The summed E-state index contributed by atoms with van der Waals surface area (Å²) in [7, 11) is 1.94. The van der Waals surface area contributed by atoms with Crippen molar-refractivity contribution in [1.29, 1.82) is 0 Å². The van der Waals surface area contributed by atoms with Crippen LogP contribution in [-0.4, -0.2) is 35.1 Å². The minimum atomic E-state index is 0.458. The molecule has 0 fully saturated rings. The van der Waals surface area contributed by atoms with Crippen LogP contribution in [0.15, 0.2) is 0 Å². The average molecular weight is 192 g/mol. The standard InChI is InChI=1S/C7H16N2S2/c1-6(4-5-11-3)9(2)7(8)10/h6H,4-5H2,1-3H3,(H2,8,10). The maximum Gasteiger partial charge on any atom is 0.166 e. The van der Waals surface area contributed by atoms with Gasteiger partial charge in [-0.2, -0.15) is 11.8 Å². The van der Waals surface area contributed by atoms with Crippen LogP contribution in [0.5, 0.6) is 0 Å². The molecule has 0 aromatic carbocycles. The Kier molecular flexibility index (Phi) is 5.68. The first-order chi connectivity index (χ1) is 5.09. The molecule has 0 heterocycles. The highest BCUT2D eigenvalue weighted by molar-refractivity contribution is 7.98. The largest absolute Gasteiger partial charge is 0.376 e. The lowest BCUT2D eigenvalue weighted by Crippen LogP contribution is -2.38. The summed E-state index contributed by atoms with van der Waals surface area (Å²) < 4.78 is 0. The fourth-order valence-electron chi connectivity index (χ4n) is 0.699. The van der Waals surface area contributed by atoms with Gasteiger partial charge >= 0.3 is 0 Å². The van der Waals surface area contributed by atoms with Gasteiger partial charge in [-0.05, 0) is 37.6 Å². The molecule has 0 saturated heterocycles. The van der Waals surface area contributed by atoms with E-state index in [1.165, 1.54) is 0 Å². The number of nitrogens with zero attached hydrogens (tertiary/aromatic N) is 1. The Morgan fingerprint density at radius 2 is 2.27 bits per heavy atom. The molecule has 0 bridgehead atoms. The Hall–Kier alpha value is 0.0400. The van der Waals surface area contributed by atoms with Gasteiger partial charge in [0.15, 0.2) is 5.11 Å². The van der Waals surface area contributed by atoms with E-state index in [0.29, 0.717) is 11.2 Å². The molecular formula is C7H16N2S2. The van der Waals surface area contributed by atoms with Gasteiger partial charge in [0.1, 0.15) is 0 Å². The van der Waals surface area contributed by atoms with Crippen molar-refractivity contribution in [3.8, 4) is 0 Å². The van der Waals surface area contributed by atoms with Gasteiger partial charge in [0.05, 0.1) is 0 Å². The van der Waals surface area contributed by atoms with E-state index >= 15 is 0 Å². The molecule has 2 N–H and O–H groups in total. The van der Waals surface area contributed by atoms with Gasteiger partial charge in [0.2, 0.25) is 0 Å². The first-order valence-corrected chi connectivity index (χ1v) is 5.41. The first kappa shape index (κ1) is 11.0. The predicted molar refractivity (Wildman–Crippen MR) is 57.0 cm³/mol. The van der Waals surface area contributed by atoms with Crippen molar-refractivity contribution >= 4 is 29.1 Å². The topological polar surface area (TPSA) is 29.3 Å². The lowest BCUT2D eigenvalue weighted by atomic mass is 10.2. The van der Waals surface area contributed by atoms with Crippen LogP contribution >= 0.6 is 24.0 Å². The molecule has 0 aliphatic rings. The maximum absolute atomic E-state index is 5.46. The van der Waals surface area contributed by atoms with Crippen molar-refractivity contribution in [2.45, 2.75) is 19.4 Å². The third-order valence-corrected chi connectivity index (χ3v) is 2.68. The van der Waals surface area contributed by atoms with Crippen LogP contribution in [0.3, 0.4) is 0 Å². The zero-order valence-electron chi connectivity index (χ0n) is 7.33. The monoisotopic (exact) mass is 192 g/mol. The van der Waals surface area contributed by atoms with E-state index in [1.807, 2.05) is 23.7 Å². The predicted octanol–water partition coefficient (Wildman–Crippen LogP) is 1.30. The Labute approximate surface area is 78.5 Å². The lowest BCUT2D eigenvalue weighted by molar-refractivity contribution is 0.385. The summed E-state index contributed by atoms with van der Waals surface area (Å²) in [4.78, 5) is 1.94. The molecule has 11 heavy (non-hydrogen) atoms. The second-order valence-electron chi connectivity index (χ2n) is 2.58. The Bertz CT molecular complexity index is 128. The van der Waals surface area contributed by atoms with Crippen molar-refractivity contribution in [3.05, 3.63) is 0 Å². The summed E-state index contributed by atoms with van der Waals surface area (Å²) in [5.74, 6) is 1.16. The normalized spacial score (nSPS) is 12.6. The van der Waals surface area contributed by atoms with E-state index < -0.39 is 0 Å². The molecule has 0 aliphatic carbocycles. The van der Waals surface area contributed by atoms with E-state index in [2.05, 4.69) is 13.2 Å². The van der Waals surface area contributed by atoms with Crippen molar-refractivity contribution in [1.82, 2.24) is 4.90 Å².